The van der Waals surface area contributed by atoms with Gasteiger partial charge in [0.15, 0.2) is 0 Å². The quantitative estimate of drug-likeness (QED) is 0.109. The molecule has 1 aliphatic heterocycles. The molecule has 3 aromatic carbocycles. The van der Waals surface area contributed by atoms with Crippen molar-refractivity contribution in [1.82, 2.24) is 4.90 Å². The molecule has 3 aromatic rings. The fraction of sp³-hybridized carbons (Fsp3) is 0.412. The van der Waals surface area contributed by atoms with E-state index in [4.69, 9.17) is 14.2 Å². The molecule has 40 heavy (non-hydrogen) atoms. The van der Waals surface area contributed by atoms with Gasteiger partial charge in [-0.3, -0.25) is 4.90 Å². The number of unbranched alkanes of at least 4 members (excludes halogenated alkanes) is 7. The number of hydrogen-bond acceptors (Lipinski definition) is 5. The molecule has 212 valence electrons. The first kappa shape index (κ1) is 29.2. The van der Waals surface area contributed by atoms with E-state index in [0.717, 1.165) is 35.5 Å². The first-order chi connectivity index (χ1) is 19.5. The van der Waals surface area contributed by atoms with Gasteiger partial charge in [0.1, 0.15) is 18.1 Å². The van der Waals surface area contributed by atoms with Crippen LogP contribution in [0.1, 0.15) is 81.1 Å². The summed E-state index contributed by atoms with van der Waals surface area (Å²) in [5.74, 6) is 0.946. The lowest BCUT2D eigenvalue weighted by molar-refractivity contribution is 0.0734. The van der Waals surface area contributed by atoms with Crippen molar-refractivity contribution < 1.29 is 23.8 Å². The number of cyclic esters (lactones) is 1. The predicted octanol–water partition coefficient (Wildman–Crippen LogP) is 8.43. The molecular formula is C34H41NO5. The van der Waals surface area contributed by atoms with Crippen LogP contribution >= 0.6 is 0 Å². The molecule has 4 rings (SSSR count). The Bertz CT molecular complexity index is 1200. The first-order valence-electron chi connectivity index (χ1n) is 14.6. The predicted molar refractivity (Wildman–Crippen MR) is 158 cm³/mol. The summed E-state index contributed by atoms with van der Waals surface area (Å²) in [5, 5.41) is 0. The lowest BCUT2D eigenvalue weighted by atomic mass is 10.1. The average Bonchev–Trinajstić information content (AvgIpc) is 3.29. The fourth-order valence-corrected chi connectivity index (χ4v) is 4.76. The standard InChI is InChI=1S/C34H41NO5/c1-3-4-5-6-7-8-9-10-23-38-31-19-15-28(16-20-31)29-17-21-32(22-18-29)40-33(36)30-13-11-27(12-14-30)24-35-26(2)25-39-34(35)37/h11-22,26H,3-10,23-25H2,1-2H3/t26-/m0/s1. The Kier molecular flexibility index (Phi) is 11.0. The number of hydrogen-bond donors (Lipinski definition) is 0. The lowest BCUT2D eigenvalue weighted by Gasteiger charge is -2.17. The average molecular weight is 544 g/mol. The number of benzene rings is 3. The van der Waals surface area contributed by atoms with Crippen molar-refractivity contribution in [3.63, 3.8) is 0 Å². The molecule has 0 unspecified atom stereocenters. The zero-order valence-corrected chi connectivity index (χ0v) is 23.8. The normalized spacial score (nSPS) is 14.7. The summed E-state index contributed by atoms with van der Waals surface area (Å²) in [5.41, 5.74) is 3.49. The molecule has 1 aliphatic rings. The van der Waals surface area contributed by atoms with Crippen LogP contribution in [0, 0.1) is 0 Å². The first-order valence-corrected chi connectivity index (χ1v) is 14.6. The highest BCUT2D eigenvalue weighted by atomic mass is 16.6. The lowest BCUT2D eigenvalue weighted by Crippen LogP contribution is -2.30. The number of amides is 1. The summed E-state index contributed by atoms with van der Waals surface area (Å²) in [4.78, 5) is 26.1. The van der Waals surface area contributed by atoms with E-state index < -0.39 is 5.97 Å². The zero-order valence-electron chi connectivity index (χ0n) is 23.8. The van der Waals surface area contributed by atoms with Crippen molar-refractivity contribution in [2.24, 2.45) is 0 Å². The van der Waals surface area contributed by atoms with Crippen LogP contribution in [0.4, 0.5) is 4.79 Å². The second-order valence-corrected chi connectivity index (χ2v) is 10.5. The van der Waals surface area contributed by atoms with E-state index in [1.807, 2.05) is 55.5 Å². The van der Waals surface area contributed by atoms with Crippen LogP contribution < -0.4 is 9.47 Å². The van der Waals surface area contributed by atoms with E-state index in [2.05, 4.69) is 6.92 Å². The van der Waals surface area contributed by atoms with Crippen LogP contribution in [0.5, 0.6) is 11.5 Å². The number of ether oxygens (including phenoxy) is 3. The van der Waals surface area contributed by atoms with E-state index in [0.29, 0.717) is 24.5 Å². The molecule has 0 radical (unpaired) electrons. The minimum absolute atomic E-state index is 0.0379. The largest absolute Gasteiger partial charge is 0.494 e. The van der Waals surface area contributed by atoms with Crippen LogP contribution in [0.25, 0.3) is 11.1 Å². The van der Waals surface area contributed by atoms with Crippen molar-refractivity contribution >= 4 is 12.1 Å². The Morgan fingerprint density at radius 3 is 1.95 bits per heavy atom. The Morgan fingerprint density at radius 1 is 0.800 bits per heavy atom. The van der Waals surface area contributed by atoms with Crippen LogP contribution in [0.15, 0.2) is 72.8 Å². The number of rotatable bonds is 15. The highest BCUT2D eigenvalue weighted by Gasteiger charge is 2.29. The summed E-state index contributed by atoms with van der Waals surface area (Å²) in [6, 6.07) is 22.7. The Hall–Kier alpha value is -3.80. The second kappa shape index (κ2) is 15.1. The monoisotopic (exact) mass is 543 g/mol. The molecule has 1 heterocycles. The molecule has 0 saturated carbocycles. The minimum Gasteiger partial charge on any atom is -0.494 e. The second-order valence-electron chi connectivity index (χ2n) is 10.5. The maximum Gasteiger partial charge on any atom is 0.410 e. The third-order valence-corrected chi connectivity index (χ3v) is 7.28. The van der Waals surface area contributed by atoms with Gasteiger partial charge in [-0.2, -0.15) is 0 Å². The molecule has 0 spiro atoms. The van der Waals surface area contributed by atoms with Gasteiger partial charge in [0.25, 0.3) is 0 Å². The summed E-state index contributed by atoms with van der Waals surface area (Å²) in [6.45, 7) is 5.81. The SMILES string of the molecule is CCCCCCCCCCOc1ccc(-c2ccc(OC(=O)c3ccc(CN4C(=O)OC[C@@H]4C)cc3)cc2)cc1. The fourth-order valence-electron chi connectivity index (χ4n) is 4.76. The molecule has 0 N–H and O–H groups in total. The minimum atomic E-state index is -0.425. The Labute approximate surface area is 238 Å². The number of esters is 1. The molecule has 1 atom stereocenters. The van der Waals surface area contributed by atoms with Gasteiger partial charge in [0, 0.05) is 6.54 Å². The molecule has 1 saturated heterocycles. The maximum atomic E-state index is 12.6. The van der Waals surface area contributed by atoms with Gasteiger partial charge >= 0.3 is 12.1 Å². The molecule has 6 nitrogen and oxygen atoms in total. The van der Waals surface area contributed by atoms with Crippen molar-refractivity contribution in [3.05, 3.63) is 83.9 Å². The molecule has 1 amide bonds. The van der Waals surface area contributed by atoms with Crippen LogP contribution in [-0.2, 0) is 11.3 Å². The third-order valence-electron chi connectivity index (χ3n) is 7.28. The van der Waals surface area contributed by atoms with Gasteiger partial charge in [-0.25, -0.2) is 9.59 Å². The topological polar surface area (TPSA) is 65.1 Å². The van der Waals surface area contributed by atoms with Crippen molar-refractivity contribution in [1.29, 1.82) is 0 Å². The number of carbonyl (C=O) groups excluding carboxylic acids is 2. The zero-order chi connectivity index (χ0) is 28.2. The van der Waals surface area contributed by atoms with Crippen LogP contribution in [0.2, 0.25) is 0 Å². The van der Waals surface area contributed by atoms with Crippen molar-refractivity contribution in [2.45, 2.75) is 77.8 Å². The van der Waals surface area contributed by atoms with Gasteiger partial charge in [0.2, 0.25) is 0 Å². The molecule has 0 bridgehead atoms. The summed E-state index contributed by atoms with van der Waals surface area (Å²) in [7, 11) is 0. The highest BCUT2D eigenvalue weighted by molar-refractivity contribution is 5.91. The van der Waals surface area contributed by atoms with Crippen molar-refractivity contribution in [2.75, 3.05) is 13.2 Å². The third kappa shape index (κ3) is 8.60. The van der Waals surface area contributed by atoms with Crippen molar-refractivity contribution in [3.8, 4) is 22.6 Å². The van der Waals surface area contributed by atoms with Gasteiger partial charge in [-0.1, -0.05) is 88.3 Å². The smallest absolute Gasteiger partial charge is 0.410 e. The van der Waals surface area contributed by atoms with Crippen LogP contribution in [-0.4, -0.2) is 36.2 Å². The summed E-state index contributed by atoms with van der Waals surface area (Å²) < 4.78 is 16.6. The number of carbonyl (C=O) groups is 2. The van der Waals surface area contributed by atoms with Gasteiger partial charge in [0.05, 0.1) is 18.2 Å². The maximum absolute atomic E-state index is 12.6. The van der Waals surface area contributed by atoms with E-state index in [9.17, 15) is 9.59 Å². The Morgan fingerprint density at radius 2 is 1.38 bits per heavy atom. The molecule has 0 aliphatic carbocycles. The van der Waals surface area contributed by atoms with Gasteiger partial charge in [-0.05, 0) is 66.4 Å². The number of nitrogens with zero attached hydrogens (tertiary/aromatic N) is 1. The van der Waals surface area contributed by atoms with E-state index in [-0.39, 0.29) is 12.1 Å². The highest BCUT2D eigenvalue weighted by Crippen LogP contribution is 2.25. The summed E-state index contributed by atoms with van der Waals surface area (Å²) in [6.07, 6.45) is 10.0. The molecule has 1 fully saturated rings. The van der Waals surface area contributed by atoms with E-state index in [1.54, 1.807) is 29.2 Å². The molecule has 0 aromatic heterocycles. The van der Waals surface area contributed by atoms with Crippen LogP contribution in [0.3, 0.4) is 0 Å². The molecular weight excluding hydrogens is 502 g/mol. The van der Waals surface area contributed by atoms with E-state index >= 15 is 0 Å². The molecule has 6 heteroatoms. The van der Waals surface area contributed by atoms with Gasteiger partial charge < -0.3 is 14.2 Å². The summed E-state index contributed by atoms with van der Waals surface area (Å²) >= 11 is 0. The van der Waals surface area contributed by atoms with Gasteiger partial charge in [-0.15, -0.1) is 0 Å². The van der Waals surface area contributed by atoms with E-state index in [1.165, 1.54) is 44.9 Å². The Balaban J connectivity index is 1.20.